The topological polar surface area (TPSA) is 57.0 Å². The summed E-state index contributed by atoms with van der Waals surface area (Å²) in [4.78, 5) is 15.4. The molecule has 0 aliphatic rings. The Morgan fingerprint density at radius 2 is 2.44 bits per heavy atom. The molecule has 2 aromatic rings. The Bertz CT molecular complexity index is 504. The van der Waals surface area contributed by atoms with Crippen LogP contribution in [0, 0.1) is 0 Å². The van der Waals surface area contributed by atoms with E-state index in [4.69, 9.17) is 0 Å². The monoisotopic (exact) mass is 237 g/mol. The molecule has 0 spiro atoms. The normalized spacial score (nSPS) is 10.4. The van der Waals surface area contributed by atoms with E-state index in [9.17, 15) is 4.79 Å². The highest BCUT2D eigenvalue weighted by Gasteiger charge is 2.12. The van der Waals surface area contributed by atoms with Crippen LogP contribution in [0.1, 0.15) is 17.4 Å². The number of thiazole rings is 1. The second-order valence-corrected chi connectivity index (χ2v) is 3.97. The highest BCUT2D eigenvalue weighted by molar-refractivity contribution is 7.13. The second kappa shape index (κ2) is 4.44. The number of ether oxygens (including phenoxy) is 1. The first kappa shape index (κ1) is 10.8. The van der Waals surface area contributed by atoms with Crippen LogP contribution in [0.25, 0.3) is 10.6 Å². The quantitative estimate of drug-likeness (QED) is 0.764. The van der Waals surface area contributed by atoms with Crippen LogP contribution in [0.5, 0.6) is 0 Å². The predicted octanol–water partition coefficient (Wildman–Crippen LogP) is 1.81. The van der Waals surface area contributed by atoms with Crippen LogP contribution in [0.15, 0.2) is 17.8 Å². The summed E-state index contributed by atoms with van der Waals surface area (Å²) in [5.74, 6) is -0.412. The average Bonchev–Trinajstić information content (AvgIpc) is 2.95. The molecule has 0 fully saturated rings. The molecule has 0 aliphatic heterocycles. The third kappa shape index (κ3) is 1.96. The molecule has 84 valence electrons. The Labute approximate surface area is 96.7 Å². The molecule has 0 unspecified atom stereocenters. The summed E-state index contributed by atoms with van der Waals surface area (Å²) in [7, 11) is 1.34. The van der Waals surface area contributed by atoms with E-state index in [0.717, 1.165) is 17.1 Å². The maximum Gasteiger partial charge on any atom is 0.357 e. The van der Waals surface area contributed by atoms with Gasteiger partial charge in [0.25, 0.3) is 0 Å². The largest absolute Gasteiger partial charge is 0.464 e. The molecule has 2 rings (SSSR count). The van der Waals surface area contributed by atoms with Gasteiger partial charge in [0.2, 0.25) is 0 Å². The zero-order chi connectivity index (χ0) is 11.5. The number of esters is 1. The lowest BCUT2D eigenvalue weighted by atomic mass is 10.4. The molecule has 0 saturated heterocycles. The fourth-order valence-corrected chi connectivity index (χ4v) is 2.02. The van der Waals surface area contributed by atoms with Gasteiger partial charge in [-0.15, -0.1) is 11.3 Å². The number of carbonyl (C=O) groups excluding carboxylic acids is 1. The standard InChI is InChI=1S/C10H11N3O2S/c1-3-13-5-7(4-11-13)9-12-8(6-16-9)10(14)15-2/h4-6H,3H2,1-2H3. The Morgan fingerprint density at radius 1 is 1.62 bits per heavy atom. The number of aromatic nitrogens is 3. The Balaban J connectivity index is 2.27. The van der Waals surface area contributed by atoms with Gasteiger partial charge in [0, 0.05) is 23.7 Å². The minimum atomic E-state index is -0.412. The Kier molecular flexibility index (Phi) is 3.00. The first-order valence-corrected chi connectivity index (χ1v) is 5.69. The van der Waals surface area contributed by atoms with E-state index in [1.54, 1.807) is 11.6 Å². The van der Waals surface area contributed by atoms with Crippen LogP contribution in [0.2, 0.25) is 0 Å². The molecule has 5 nitrogen and oxygen atoms in total. The zero-order valence-corrected chi connectivity index (χ0v) is 9.82. The van der Waals surface area contributed by atoms with Gasteiger partial charge in [-0.3, -0.25) is 4.68 Å². The van der Waals surface area contributed by atoms with Crippen molar-refractivity contribution in [1.29, 1.82) is 0 Å². The summed E-state index contributed by atoms with van der Waals surface area (Å²) in [5.41, 5.74) is 1.26. The van der Waals surface area contributed by atoms with E-state index in [0.29, 0.717) is 5.69 Å². The molecule has 0 atom stereocenters. The number of methoxy groups -OCH3 is 1. The molecule has 6 heteroatoms. The van der Waals surface area contributed by atoms with Gasteiger partial charge in [0.15, 0.2) is 5.69 Å². The fourth-order valence-electron chi connectivity index (χ4n) is 1.25. The lowest BCUT2D eigenvalue weighted by Crippen LogP contribution is -2.00. The predicted molar refractivity (Wildman–Crippen MR) is 60.3 cm³/mol. The molecule has 0 amide bonds. The lowest BCUT2D eigenvalue weighted by molar-refractivity contribution is 0.0595. The molecule has 16 heavy (non-hydrogen) atoms. The van der Waals surface area contributed by atoms with Crippen LogP contribution in [0.3, 0.4) is 0 Å². The van der Waals surface area contributed by atoms with E-state index < -0.39 is 5.97 Å². The third-order valence-electron chi connectivity index (χ3n) is 2.10. The van der Waals surface area contributed by atoms with Gasteiger partial charge in [0.05, 0.1) is 13.3 Å². The van der Waals surface area contributed by atoms with Gasteiger partial charge < -0.3 is 4.74 Å². The minimum absolute atomic E-state index is 0.340. The number of rotatable bonds is 3. The molecule has 0 aliphatic carbocycles. The summed E-state index contributed by atoms with van der Waals surface area (Å²) < 4.78 is 6.41. The van der Waals surface area contributed by atoms with Crippen LogP contribution in [-0.2, 0) is 11.3 Å². The van der Waals surface area contributed by atoms with Crippen LogP contribution in [-0.4, -0.2) is 27.8 Å². The zero-order valence-electron chi connectivity index (χ0n) is 9.01. The van der Waals surface area contributed by atoms with Crippen molar-refractivity contribution in [3.05, 3.63) is 23.5 Å². The van der Waals surface area contributed by atoms with E-state index in [1.165, 1.54) is 18.4 Å². The molecular weight excluding hydrogens is 226 g/mol. The Morgan fingerprint density at radius 3 is 3.06 bits per heavy atom. The first-order chi connectivity index (χ1) is 7.74. The van der Waals surface area contributed by atoms with Crippen LogP contribution < -0.4 is 0 Å². The maximum atomic E-state index is 11.2. The second-order valence-electron chi connectivity index (χ2n) is 3.11. The van der Waals surface area contributed by atoms with E-state index in [-0.39, 0.29) is 0 Å². The average molecular weight is 237 g/mol. The molecule has 0 bridgehead atoms. The van der Waals surface area contributed by atoms with Crippen molar-refractivity contribution in [3.8, 4) is 10.6 Å². The molecule has 0 aromatic carbocycles. The summed E-state index contributed by atoms with van der Waals surface area (Å²) in [6.45, 7) is 2.83. The SMILES string of the molecule is CCn1cc(-c2nc(C(=O)OC)cs2)cn1. The number of nitrogens with zero attached hydrogens (tertiary/aromatic N) is 3. The van der Waals surface area contributed by atoms with Crippen molar-refractivity contribution in [1.82, 2.24) is 14.8 Å². The maximum absolute atomic E-state index is 11.2. The summed E-state index contributed by atoms with van der Waals surface area (Å²) in [6, 6.07) is 0. The van der Waals surface area contributed by atoms with Gasteiger partial charge in [-0.05, 0) is 6.92 Å². The minimum Gasteiger partial charge on any atom is -0.464 e. The molecule has 0 N–H and O–H groups in total. The number of hydrogen-bond donors (Lipinski definition) is 0. The fraction of sp³-hybridized carbons (Fsp3) is 0.300. The van der Waals surface area contributed by atoms with Gasteiger partial charge in [-0.1, -0.05) is 0 Å². The van der Waals surface area contributed by atoms with Crippen molar-refractivity contribution in [2.24, 2.45) is 0 Å². The lowest BCUT2D eigenvalue weighted by Gasteiger charge is -1.92. The van der Waals surface area contributed by atoms with Gasteiger partial charge in [-0.25, -0.2) is 9.78 Å². The van der Waals surface area contributed by atoms with Crippen molar-refractivity contribution < 1.29 is 9.53 Å². The van der Waals surface area contributed by atoms with Crippen LogP contribution >= 0.6 is 11.3 Å². The highest BCUT2D eigenvalue weighted by Crippen LogP contribution is 2.23. The van der Waals surface area contributed by atoms with E-state index in [2.05, 4.69) is 14.8 Å². The number of carbonyl (C=O) groups is 1. The van der Waals surface area contributed by atoms with E-state index in [1.807, 2.05) is 17.8 Å². The van der Waals surface area contributed by atoms with Crippen molar-refractivity contribution in [3.63, 3.8) is 0 Å². The number of hydrogen-bond acceptors (Lipinski definition) is 5. The number of aryl methyl sites for hydroxylation is 1. The molecule has 2 heterocycles. The summed E-state index contributed by atoms with van der Waals surface area (Å²) >= 11 is 1.40. The molecule has 0 radical (unpaired) electrons. The van der Waals surface area contributed by atoms with Crippen molar-refractivity contribution in [2.45, 2.75) is 13.5 Å². The highest BCUT2D eigenvalue weighted by atomic mass is 32.1. The van der Waals surface area contributed by atoms with E-state index >= 15 is 0 Å². The van der Waals surface area contributed by atoms with Crippen LogP contribution in [0.4, 0.5) is 0 Å². The Hall–Kier alpha value is -1.69. The molecule has 2 aromatic heterocycles. The molecular formula is C10H11N3O2S. The summed E-state index contributed by atoms with van der Waals surface area (Å²) in [5, 5.41) is 6.62. The van der Waals surface area contributed by atoms with Gasteiger partial charge >= 0.3 is 5.97 Å². The summed E-state index contributed by atoms with van der Waals surface area (Å²) in [6.07, 6.45) is 3.64. The van der Waals surface area contributed by atoms with Gasteiger partial charge in [0.1, 0.15) is 5.01 Å². The van der Waals surface area contributed by atoms with Crippen molar-refractivity contribution in [2.75, 3.05) is 7.11 Å². The first-order valence-electron chi connectivity index (χ1n) is 4.81. The smallest absolute Gasteiger partial charge is 0.357 e. The third-order valence-corrected chi connectivity index (χ3v) is 2.99. The molecule has 0 saturated carbocycles. The van der Waals surface area contributed by atoms with Crippen molar-refractivity contribution >= 4 is 17.3 Å². The van der Waals surface area contributed by atoms with Gasteiger partial charge in [-0.2, -0.15) is 5.10 Å².